The Kier molecular flexibility index (Phi) is 5.07. The number of amides is 1. The molecule has 6 heteroatoms. The highest BCUT2D eigenvalue weighted by Gasteiger charge is 2.17. The van der Waals surface area contributed by atoms with Gasteiger partial charge in [0, 0.05) is 15.7 Å². The molecule has 1 amide bonds. The molecule has 0 heterocycles. The highest BCUT2D eigenvalue weighted by Crippen LogP contribution is 2.07. The number of hydrogen-bond acceptors (Lipinski definition) is 2. The van der Waals surface area contributed by atoms with Crippen LogP contribution in [0.15, 0.2) is 24.3 Å². The van der Waals surface area contributed by atoms with Gasteiger partial charge in [-0.1, -0.05) is 6.07 Å². The Balaban J connectivity index is 2.53. The Morgan fingerprint density at radius 3 is 2.75 bits per heavy atom. The van der Waals surface area contributed by atoms with Gasteiger partial charge in [-0.25, -0.2) is 8.78 Å². The van der Waals surface area contributed by atoms with E-state index in [-0.39, 0.29) is 0 Å². The number of aliphatic hydroxyl groups excluding tert-OH is 1. The van der Waals surface area contributed by atoms with Gasteiger partial charge < -0.3 is 10.4 Å². The minimum absolute atomic E-state index is 0.383. The maximum absolute atomic E-state index is 11.9. The SMILES string of the molecule is O=C(NCC(O)C(F)F)c1cccc(I)c1. The van der Waals surface area contributed by atoms with Crippen molar-refractivity contribution in [2.45, 2.75) is 12.5 Å². The summed E-state index contributed by atoms with van der Waals surface area (Å²) in [5.74, 6) is -0.474. The molecule has 0 aliphatic carbocycles. The summed E-state index contributed by atoms with van der Waals surface area (Å²) in [7, 11) is 0. The van der Waals surface area contributed by atoms with Crippen molar-refractivity contribution in [3.8, 4) is 0 Å². The van der Waals surface area contributed by atoms with Crippen LogP contribution in [-0.4, -0.2) is 30.1 Å². The van der Waals surface area contributed by atoms with Crippen molar-refractivity contribution in [3.63, 3.8) is 0 Å². The van der Waals surface area contributed by atoms with E-state index in [0.717, 1.165) is 3.57 Å². The van der Waals surface area contributed by atoms with Crippen LogP contribution >= 0.6 is 22.6 Å². The normalized spacial score (nSPS) is 12.6. The summed E-state index contributed by atoms with van der Waals surface area (Å²) in [6, 6.07) is 6.71. The first-order valence-electron chi connectivity index (χ1n) is 4.50. The molecule has 16 heavy (non-hydrogen) atoms. The summed E-state index contributed by atoms with van der Waals surface area (Å²) in [6.45, 7) is -0.456. The van der Waals surface area contributed by atoms with Gasteiger partial charge in [-0.15, -0.1) is 0 Å². The standard InChI is InChI=1S/C10H10F2INO2/c11-9(12)8(15)5-14-10(16)6-2-1-3-7(13)4-6/h1-4,8-9,15H,5H2,(H,14,16). The molecule has 1 aromatic carbocycles. The number of alkyl halides is 2. The Labute approximate surface area is 105 Å². The summed E-state index contributed by atoms with van der Waals surface area (Å²) in [5, 5.41) is 11.0. The minimum atomic E-state index is -2.85. The van der Waals surface area contributed by atoms with Crippen LogP contribution in [0.4, 0.5) is 8.78 Å². The molecular weight excluding hydrogens is 331 g/mol. The molecule has 0 spiro atoms. The highest BCUT2D eigenvalue weighted by atomic mass is 127. The van der Waals surface area contributed by atoms with E-state index in [2.05, 4.69) is 5.32 Å². The van der Waals surface area contributed by atoms with Gasteiger partial charge in [-0.3, -0.25) is 4.79 Å². The van der Waals surface area contributed by atoms with Crippen LogP contribution in [0.5, 0.6) is 0 Å². The second-order valence-electron chi connectivity index (χ2n) is 3.12. The van der Waals surface area contributed by atoms with Gasteiger partial charge in [0.05, 0.1) is 0 Å². The van der Waals surface area contributed by atoms with E-state index in [1.807, 2.05) is 28.7 Å². The summed E-state index contributed by atoms with van der Waals surface area (Å²) in [6.07, 6.45) is -4.68. The smallest absolute Gasteiger partial charge is 0.265 e. The molecule has 0 radical (unpaired) electrons. The molecule has 0 bridgehead atoms. The predicted molar refractivity (Wildman–Crippen MR) is 63.5 cm³/mol. The average Bonchev–Trinajstić information content (AvgIpc) is 2.25. The Morgan fingerprint density at radius 2 is 2.19 bits per heavy atom. The summed E-state index contributed by atoms with van der Waals surface area (Å²) >= 11 is 2.04. The van der Waals surface area contributed by atoms with Crippen molar-refractivity contribution in [2.24, 2.45) is 0 Å². The number of rotatable bonds is 4. The van der Waals surface area contributed by atoms with Crippen molar-refractivity contribution < 1.29 is 18.7 Å². The molecule has 0 saturated heterocycles. The van der Waals surface area contributed by atoms with Crippen LogP contribution in [0.3, 0.4) is 0 Å². The maximum Gasteiger partial charge on any atom is 0.265 e. The van der Waals surface area contributed by atoms with E-state index in [1.165, 1.54) is 0 Å². The van der Waals surface area contributed by atoms with Crippen molar-refractivity contribution in [2.75, 3.05) is 6.54 Å². The van der Waals surface area contributed by atoms with Crippen LogP contribution < -0.4 is 5.32 Å². The summed E-state index contributed by atoms with van der Waals surface area (Å²) in [5.41, 5.74) is 0.383. The molecule has 3 nitrogen and oxygen atoms in total. The van der Waals surface area contributed by atoms with E-state index in [4.69, 9.17) is 5.11 Å². The molecule has 2 N–H and O–H groups in total. The number of benzene rings is 1. The summed E-state index contributed by atoms with van der Waals surface area (Å²) in [4.78, 5) is 11.5. The van der Waals surface area contributed by atoms with E-state index in [1.54, 1.807) is 18.2 Å². The number of carbonyl (C=O) groups excluding carboxylic acids is 1. The molecule has 0 aromatic heterocycles. The van der Waals surface area contributed by atoms with Crippen LogP contribution in [0, 0.1) is 3.57 Å². The van der Waals surface area contributed by atoms with Crippen LogP contribution in [-0.2, 0) is 0 Å². The van der Waals surface area contributed by atoms with Gasteiger partial charge in [-0.2, -0.15) is 0 Å². The van der Waals surface area contributed by atoms with Crippen molar-refractivity contribution in [1.82, 2.24) is 5.32 Å². The average molecular weight is 341 g/mol. The second kappa shape index (κ2) is 6.09. The Morgan fingerprint density at radius 1 is 1.50 bits per heavy atom. The van der Waals surface area contributed by atoms with Crippen LogP contribution in [0.2, 0.25) is 0 Å². The third-order valence-electron chi connectivity index (χ3n) is 1.85. The lowest BCUT2D eigenvalue weighted by molar-refractivity contribution is -0.00270. The Hall–Kier alpha value is -0.760. The molecule has 1 aromatic rings. The molecular formula is C10H10F2INO2. The van der Waals surface area contributed by atoms with Crippen LogP contribution in [0.25, 0.3) is 0 Å². The van der Waals surface area contributed by atoms with Gasteiger partial charge in [0.2, 0.25) is 0 Å². The molecule has 0 aliphatic rings. The lowest BCUT2D eigenvalue weighted by Crippen LogP contribution is -2.35. The maximum atomic E-state index is 11.9. The molecule has 88 valence electrons. The van der Waals surface area contributed by atoms with E-state index in [9.17, 15) is 13.6 Å². The fraction of sp³-hybridized carbons (Fsp3) is 0.300. The van der Waals surface area contributed by atoms with Crippen molar-refractivity contribution >= 4 is 28.5 Å². The lowest BCUT2D eigenvalue weighted by Gasteiger charge is -2.10. The predicted octanol–water partition coefficient (Wildman–Crippen LogP) is 1.65. The first-order chi connectivity index (χ1) is 7.50. The van der Waals surface area contributed by atoms with Crippen LogP contribution in [0.1, 0.15) is 10.4 Å². The third-order valence-corrected chi connectivity index (χ3v) is 2.52. The molecule has 0 saturated carbocycles. The lowest BCUT2D eigenvalue weighted by atomic mass is 10.2. The number of halogens is 3. The summed E-state index contributed by atoms with van der Waals surface area (Å²) < 4.78 is 24.8. The van der Waals surface area contributed by atoms with Gasteiger partial charge in [0.25, 0.3) is 12.3 Å². The molecule has 1 rings (SSSR count). The fourth-order valence-corrected chi connectivity index (χ4v) is 1.56. The third kappa shape index (κ3) is 4.01. The number of aliphatic hydroxyl groups is 1. The van der Waals surface area contributed by atoms with Crippen molar-refractivity contribution in [1.29, 1.82) is 0 Å². The quantitative estimate of drug-likeness (QED) is 0.819. The minimum Gasteiger partial charge on any atom is -0.385 e. The van der Waals surface area contributed by atoms with Gasteiger partial charge in [0.1, 0.15) is 6.10 Å². The fourth-order valence-electron chi connectivity index (χ4n) is 1.02. The van der Waals surface area contributed by atoms with E-state index < -0.39 is 25.0 Å². The van der Waals surface area contributed by atoms with E-state index in [0.29, 0.717) is 5.56 Å². The molecule has 0 fully saturated rings. The first-order valence-corrected chi connectivity index (χ1v) is 5.58. The largest absolute Gasteiger partial charge is 0.385 e. The second-order valence-corrected chi connectivity index (χ2v) is 4.37. The topological polar surface area (TPSA) is 49.3 Å². The van der Waals surface area contributed by atoms with Gasteiger partial charge >= 0.3 is 0 Å². The van der Waals surface area contributed by atoms with Gasteiger partial charge in [0.15, 0.2) is 0 Å². The van der Waals surface area contributed by atoms with Gasteiger partial charge in [-0.05, 0) is 40.8 Å². The molecule has 0 aliphatic heterocycles. The zero-order valence-corrected chi connectivity index (χ0v) is 10.3. The zero-order valence-electron chi connectivity index (χ0n) is 8.16. The highest BCUT2D eigenvalue weighted by molar-refractivity contribution is 14.1. The zero-order chi connectivity index (χ0) is 12.1. The first kappa shape index (κ1) is 13.3. The molecule has 1 unspecified atom stereocenters. The molecule has 1 atom stereocenters. The number of nitrogens with one attached hydrogen (secondary N) is 1. The van der Waals surface area contributed by atoms with E-state index >= 15 is 0 Å². The number of hydrogen-bond donors (Lipinski definition) is 2. The van der Waals surface area contributed by atoms with Crippen molar-refractivity contribution in [3.05, 3.63) is 33.4 Å². The Bertz CT molecular complexity index is 374. The monoisotopic (exact) mass is 341 g/mol. The number of carbonyl (C=O) groups is 1.